The minimum Gasteiger partial charge on any atom is -0.444 e. The van der Waals surface area contributed by atoms with Crippen LogP contribution in [-0.4, -0.2) is 50.5 Å². The van der Waals surface area contributed by atoms with Gasteiger partial charge in [-0.05, 0) is 58.7 Å². The maximum absolute atomic E-state index is 12.4. The van der Waals surface area contributed by atoms with Gasteiger partial charge in [-0.15, -0.1) is 0 Å². The molecule has 0 aliphatic carbocycles. The summed E-state index contributed by atoms with van der Waals surface area (Å²) in [4.78, 5) is 34.8. The summed E-state index contributed by atoms with van der Waals surface area (Å²) in [5.74, 6) is 0. The first kappa shape index (κ1) is 26.0. The number of rotatable bonds is 4. The van der Waals surface area contributed by atoms with Crippen LogP contribution in [0.15, 0.2) is 30.7 Å². The summed E-state index contributed by atoms with van der Waals surface area (Å²) in [6.45, 7) is 8.81. The summed E-state index contributed by atoms with van der Waals surface area (Å²) in [7, 11) is 0. The highest BCUT2D eigenvalue weighted by Gasteiger charge is 2.32. The predicted molar refractivity (Wildman–Crippen MR) is 115 cm³/mol. The lowest BCUT2D eigenvalue weighted by atomic mass is 10.1. The molecule has 1 unspecified atom stereocenters. The van der Waals surface area contributed by atoms with E-state index >= 15 is 0 Å². The average Bonchev–Trinajstić information content (AvgIpc) is 3.17. The number of carbonyl (C=O) groups excluding carboxylic acids is 2. The molecule has 0 spiro atoms. The van der Waals surface area contributed by atoms with Gasteiger partial charge in [0.15, 0.2) is 0 Å². The molecule has 1 aliphatic rings. The molecule has 1 N–H and O–H groups in total. The molecule has 8 nitrogen and oxygen atoms in total. The number of hydrogen-bond acceptors (Lipinski definition) is 6. The molecule has 1 atom stereocenters. The van der Waals surface area contributed by atoms with E-state index in [1.54, 1.807) is 6.07 Å². The van der Waals surface area contributed by atoms with Gasteiger partial charge in [0.1, 0.15) is 17.6 Å². The van der Waals surface area contributed by atoms with Crippen LogP contribution in [0, 0.1) is 0 Å². The second-order valence-electron chi connectivity index (χ2n) is 8.49. The van der Waals surface area contributed by atoms with Crippen LogP contribution in [-0.2, 0) is 22.3 Å². The number of hydrogen-bond donors (Lipinski definition) is 1. The maximum atomic E-state index is 12.4. The number of amides is 2. The van der Waals surface area contributed by atoms with Crippen molar-refractivity contribution in [1.29, 1.82) is 0 Å². The third-order valence-electron chi connectivity index (χ3n) is 4.62. The maximum Gasteiger partial charge on any atom is 0.433 e. The minimum absolute atomic E-state index is 0.169. The van der Waals surface area contributed by atoms with Gasteiger partial charge in [0.25, 0.3) is 0 Å². The molecule has 3 heterocycles. The van der Waals surface area contributed by atoms with Gasteiger partial charge in [-0.25, -0.2) is 14.8 Å². The van der Waals surface area contributed by atoms with E-state index in [0.717, 1.165) is 31.6 Å². The quantitative estimate of drug-likeness (QED) is 0.677. The summed E-state index contributed by atoms with van der Waals surface area (Å²) in [6.07, 6.45) is 0.457. The number of carbonyl (C=O) groups is 2. The predicted octanol–water partition coefficient (Wildman–Crippen LogP) is 4.21. The SMILES string of the molecule is CC1CCCN1C(=O)OC(C)(C)C.O=CNCc1cc(-c2ccc(C(F)(F)F)nc2)ncn1. The summed E-state index contributed by atoms with van der Waals surface area (Å²) in [6, 6.07) is 4.09. The molecule has 1 saturated heterocycles. The molecule has 11 heteroatoms. The van der Waals surface area contributed by atoms with Gasteiger partial charge < -0.3 is 15.0 Å². The Morgan fingerprint density at radius 1 is 1.24 bits per heavy atom. The zero-order valence-electron chi connectivity index (χ0n) is 19.0. The van der Waals surface area contributed by atoms with Crippen molar-refractivity contribution in [3.05, 3.63) is 42.1 Å². The van der Waals surface area contributed by atoms with Crippen molar-refractivity contribution in [2.45, 2.75) is 64.9 Å². The lowest BCUT2D eigenvalue weighted by Gasteiger charge is -2.26. The van der Waals surface area contributed by atoms with Gasteiger partial charge in [0.05, 0.1) is 17.9 Å². The molecule has 0 aromatic carbocycles. The molecule has 2 aromatic heterocycles. The zero-order valence-corrected chi connectivity index (χ0v) is 19.0. The molecule has 2 amide bonds. The van der Waals surface area contributed by atoms with Crippen LogP contribution in [0.4, 0.5) is 18.0 Å². The normalized spacial score (nSPS) is 16.0. The number of halogens is 3. The fraction of sp³-hybridized carbons (Fsp3) is 0.500. The standard InChI is InChI=1S/C12H9F3N4O.C10H19NO2/c13-12(14,15)11-2-1-8(4-17-11)10-3-9(5-16-7-20)18-6-19-10;1-8-6-5-7-11(8)9(12)13-10(2,3)4/h1-4,6-7H,5H2,(H,16,20);8H,5-7H2,1-4H3. The molecule has 3 rings (SSSR count). The first-order chi connectivity index (χ1) is 15.4. The van der Waals surface area contributed by atoms with Gasteiger partial charge in [0.2, 0.25) is 6.41 Å². The van der Waals surface area contributed by atoms with Crippen LogP contribution < -0.4 is 5.32 Å². The van der Waals surface area contributed by atoms with Crippen LogP contribution in [0.5, 0.6) is 0 Å². The summed E-state index contributed by atoms with van der Waals surface area (Å²) in [5.41, 5.74) is 0.0798. The molecule has 0 bridgehead atoms. The van der Waals surface area contributed by atoms with E-state index in [0.29, 0.717) is 29.4 Å². The Kier molecular flexibility index (Phi) is 8.72. The lowest BCUT2D eigenvalue weighted by Crippen LogP contribution is -2.38. The summed E-state index contributed by atoms with van der Waals surface area (Å²) < 4.78 is 42.5. The van der Waals surface area contributed by atoms with Gasteiger partial charge in [-0.2, -0.15) is 13.2 Å². The Morgan fingerprint density at radius 3 is 2.48 bits per heavy atom. The molecule has 0 radical (unpaired) electrons. The molecular formula is C22H28F3N5O3. The van der Waals surface area contributed by atoms with Crippen molar-refractivity contribution in [3.63, 3.8) is 0 Å². The van der Waals surface area contributed by atoms with Crippen molar-refractivity contribution < 1.29 is 27.5 Å². The second kappa shape index (κ2) is 11.1. The van der Waals surface area contributed by atoms with Gasteiger partial charge in [-0.3, -0.25) is 9.78 Å². The van der Waals surface area contributed by atoms with E-state index < -0.39 is 11.9 Å². The third-order valence-corrected chi connectivity index (χ3v) is 4.62. The molecule has 33 heavy (non-hydrogen) atoms. The van der Waals surface area contributed by atoms with Gasteiger partial charge >= 0.3 is 12.3 Å². The molecule has 2 aromatic rings. The second-order valence-corrected chi connectivity index (χ2v) is 8.49. The number of ether oxygens (including phenoxy) is 1. The van der Waals surface area contributed by atoms with E-state index in [9.17, 15) is 22.8 Å². The first-order valence-electron chi connectivity index (χ1n) is 10.4. The fourth-order valence-electron chi connectivity index (χ4n) is 3.04. The Bertz CT molecular complexity index is 930. The van der Waals surface area contributed by atoms with E-state index in [1.165, 1.54) is 12.4 Å². The van der Waals surface area contributed by atoms with E-state index in [-0.39, 0.29) is 18.2 Å². The molecule has 1 aliphatic heterocycles. The first-order valence-corrected chi connectivity index (χ1v) is 10.4. The Labute approximate surface area is 190 Å². The highest BCUT2D eigenvalue weighted by Crippen LogP contribution is 2.28. The topological polar surface area (TPSA) is 97.3 Å². The molecule has 180 valence electrons. The number of nitrogens with one attached hydrogen (secondary N) is 1. The number of alkyl halides is 3. The minimum atomic E-state index is -4.47. The van der Waals surface area contributed by atoms with Crippen LogP contribution in [0.2, 0.25) is 0 Å². The molecule has 0 saturated carbocycles. The largest absolute Gasteiger partial charge is 0.444 e. The Hall–Kier alpha value is -3.24. The molecule has 1 fully saturated rings. The van der Waals surface area contributed by atoms with Crippen molar-refractivity contribution in [1.82, 2.24) is 25.2 Å². The van der Waals surface area contributed by atoms with Crippen molar-refractivity contribution in [3.8, 4) is 11.3 Å². The van der Waals surface area contributed by atoms with Crippen molar-refractivity contribution in [2.75, 3.05) is 6.54 Å². The third kappa shape index (κ3) is 8.32. The van der Waals surface area contributed by atoms with Crippen LogP contribution in [0.1, 0.15) is 51.9 Å². The van der Waals surface area contributed by atoms with Crippen LogP contribution in [0.25, 0.3) is 11.3 Å². The number of pyridine rings is 1. The monoisotopic (exact) mass is 467 g/mol. The van der Waals surface area contributed by atoms with E-state index in [4.69, 9.17) is 4.74 Å². The van der Waals surface area contributed by atoms with Crippen LogP contribution >= 0.6 is 0 Å². The summed E-state index contributed by atoms with van der Waals surface area (Å²) in [5, 5.41) is 2.44. The summed E-state index contributed by atoms with van der Waals surface area (Å²) >= 11 is 0. The molecular weight excluding hydrogens is 439 g/mol. The van der Waals surface area contributed by atoms with Crippen molar-refractivity contribution in [2.24, 2.45) is 0 Å². The van der Waals surface area contributed by atoms with Gasteiger partial charge in [-0.1, -0.05) is 0 Å². The van der Waals surface area contributed by atoms with E-state index in [1.807, 2.05) is 25.7 Å². The van der Waals surface area contributed by atoms with Gasteiger partial charge in [0, 0.05) is 24.3 Å². The Morgan fingerprint density at radius 2 is 1.97 bits per heavy atom. The fourth-order valence-corrected chi connectivity index (χ4v) is 3.04. The number of nitrogens with zero attached hydrogens (tertiary/aromatic N) is 4. The lowest BCUT2D eigenvalue weighted by molar-refractivity contribution is -0.141. The zero-order chi connectivity index (χ0) is 24.6. The number of likely N-dealkylation sites (tertiary alicyclic amines) is 1. The van der Waals surface area contributed by atoms with Crippen LogP contribution in [0.3, 0.4) is 0 Å². The smallest absolute Gasteiger partial charge is 0.433 e. The average molecular weight is 467 g/mol. The van der Waals surface area contributed by atoms with E-state index in [2.05, 4.69) is 27.2 Å². The highest BCUT2D eigenvalue weighted by molar-refractivity contribution is 5.68. The Balaban J connectivity index is 0.000000257. The van der Waals surface area contributed by atoms with Crippen molar-refractivity contribution >= 4 is 12.5 Å². The highest BCUT2D eigenvalue weighted by atomic mass is 19.4. The number of aromatic nitrogens is 3.